The van der Waals surface area contributed by atoms with Crippen LogP contribution >= 0.6 is 11.6 Å². The Kier molecular flexibility index (Phi) is 5.94. The van der Waals surface area contributed by atoms with Gasteiger partial charge >= 0.3 is 5.97 Å². The molecule has 2 aliphatic rings. The lowest BCUT2D eigenvalue weighted by Gasteiger charge is -2.20. The molecule has 0 atom stereocenters. The van der Waals surface area contributed by atoms with Crippen molar-refractivity contribution >= 4 is 44.6 Å². The molecule has 10 heteroatoms. The minimum absolute atomic E-state index is 0.0371. The van der Waals surface area contributed by atoms with E-state index in [1.165, 1.54) is 12.1 Å². The average Bonchev–Trinajstić information content (AvgIpc) is 3.07. The first-order valence-corrected chi connectivity index (χ1v) is 11.8. The number of sulfone groups is 1. The van der Waals surface area contributed by atoms with Gasteiger partial charge in [-0.3, -0.25) is 9.79 Å². The van der Waals surface area contributed by atoms with E-state index in [1.807, 2.05) is 6.07 Å². The first-order chi connectivity index (χ1) is 15.6. The van der Waals surface area contributed by atoms with Crippen LogP contribution in [0.3, 0.4) is 0 Å². The molecule has 4 rings (SSSR count). The number of pyridine rings is 1. The van der Waals surface area contributed by atoms with Crippen LogP contribution in [0.5, 0.6) is 0 Å². The molecule has 0 saturated heterocycles. The number of nitrogens with zero attached hydrogens (tertiary/aromatic N) is 3. The number of allylic oxidation sites excluding steroid dienone is 4. The minimum Gasteiger partial charge on any atom is -0.481 e. The van der Waals surface area contributed by atoms with Crippen LogP contribution in [0, 0.1) is 0 Å². The van der Waals surface area contributed by atoms with Gasteiger partial charge in [-0.25, -0.2) is 17.8 Å². The predicted molar refractivity (Wildman–Crippen MR) is 124 cm³/mol. The van der Waals surface area contributed by atoms with E-state index in [0.717, 1.165) is 18.0 Å². The standard InChI is InChI=1S/C23H19ClFN3O4S/c1-13-17(11-21(29)30)22-19(27-13)8-7-18(25)23(22)33(31,32)16-6-9-20(26-12-16)28(2)15-5-3-4-14(24)10-15/h3-7,9-10,12H,8,11H2,1-2H3,(H,29,30). The molecule has 2 heterocycles. The van der Waals surface area contributed by atoms with Crippen LogP contribution < -0.4 is 4.90 Å². The van der Waals surface area contributed by atoms with Crippen molar-refractivity contribution in [1.29, 1.82) is 0 Å². The second-order valence-electron chi connectivity index (χ2n) is 7.55. The summed E-state index contributed by atoms with van der Waals surface area (Å²) < 4.78 is 41.8. The van der Waals surface area contributed by atoms with Crippen LogP contribution in [0.1, 0.15) is 19.8 Å². The minimum atomic E-state index is -4.35. The molecule has 0 amide bonds. The smallest absolute Gasteiger partial charge is 0.307 e. The molecule has 7 nitrogen and oxygen atoms in total. The molecular formula is C23H19ClFN3O4S. The van der Waals surface area contributed by atoms with E-state index < -0.39 is 33.0 Å². The predicted octanol–water partition coefficient (Wildman–Crippen LogP) is 4.99. The number of carbonyl (C=O) groups is 1. The van der Waals surface area contributed by atoms with Crippen molar-refractivity contribution in [1.82, 2.24) is 4.98 Å². The number of aliphatic imine (C=N–C) groups is 1. The molecule has 1 aromatic heterocycles. The van der Waals surface area contributed by atoms with Crippen LogP contribution in [-0.4, -0.2) is 37.2 Å². The Morgan fingerprint density at radius 2 is 2.03 bits per heavy atom. The number of fused-ring (bicyclic) bond motifs is 1. The molecule has 0 unspecified atom stereocenters. The highest BCUT2D eigenvalue weighted by atomic mass is 35.5. The normalized spacial score (nSPS) is 15.9. The quantitative estimate of drug-likeness (QED) is 0.616. The second kappa shape index (κ2) is 8.57. The third kappa shape index (κ3) is 4.21. The van der Waals surface area contributed by atoms with Crippen molar-refractivity contribution in [2.75, 3.05) is 11.9 Å². The third-order valence-corrected chi connectivity index (χ3v) is 7.45. The summed E-state index contributed by atoms with van der Waals surface area (Å²) >= 11 is 6.04. The van der Waals surface area contributed by atoms with Gasteiger partial charge in [-0.1, -0.05) is 17.7 Å². The Morgan fingerprint density at radius 3 is 2.67 bits per heavy atom. The van der Waals surface area contributed by atoms with Gasteiger partial charge in [-0.05, 0) is 48.9 Å². The van der Waals surface area contributed by atoms with Crippen molar-refractivity contribution in [3.63, 3.8) is 0 Å². The van der Waals surface area contributed by atoms with Crippen LogP contribution in [0.4, 0.5) is 15.9 Å². The number of aromatic nitrogens is 1. The molecule has 1 N–H and O–H groups in total. The Hall–Kier alpha value is -3.30. The van der Waals surface area contributed by atoms with Crippen molar-refractivity contribution in [3.8, 4) is 0 Å². The van der Waals surface area contributed by atoms with Gasteiger partial charge in [-0.2, -0.15) is 0 Å². The maximum absolute atomic E-state index is 14.9. The maximum Gasteiger partial charge on any atom is 0.307 e. The van der Waals surface area contributed by atoms with E-state index in [-0.39, 0.29) is 22.5 Å². The molecule has 0 bridgehead atoms. The van der Waals surface area contributed by atoms with Crippen LogP contribution in [0.15, 0.2) is 86.1 Å². The fourth-order valence-electron chi connectivity index (χ4n) is 3.79. The van der Waals surface area contributed by atoms with Gasteiger partial charge in [0, 0.05) is 41.6 Å². The van der Waals surface area contributed by atoms with E-state index in [0.29, 0.717) is 22.2 Å². The van der Waals surface area contributed by atoms with Crippen LogP contribution in [-0.2, 0) is 14.6 Å². The fraction of sp³-hybridized carbons (Fsp3) is 0.174. The summed E-state index contributed by atoms with van der Waals surface area (Å²) in [6.07, 6.45) is 1.92. The number of hydrogen-bond acceptors (Lipinski definition) is 6. The van der Waals surface area contributed by atoms with Crippen molar-refractivity contribution in [3.05, 3.63) is 81.3 Å². The fourth-order valence-corrected chi connectivity index (χ4v) is 5.50. The first kappa shape index (κ1) is 22.9. The highest BCUT2D eigenvalue weighted by Gasteiger charge is 2.37. The molecule has 1 aliphatic carbocycles. The molecular weight excluding hydrogens is 469 g/mol. The topological polar surface area (TPSA) is 99.9 Å². The number of halogens is 2. The van der Waals surface area contributed by atoms with Gasteiger partial charge in [0.1, 0.15) is 16.5 Å². The Labute approximate surface area is 195 Å². The summed E-state index contributed by atoms with van der Waals surface area (Å²) in [4.78, 5) is 20.8. The number of carboxylic acids is 1. The summed E-state index contributed by atoms with van der Waals surface area (Å²) in [6.45, 7) is 1.58. The highest BCUT2D eigenvalue weighted by molar-refractivity contribution is 7.95. The number of hydrogen-bond donors (Lipinski definition) is 1. The van der Waals surface area contributed by atoms with E-state index in [4.69, 9.17) is 11.6 Å². The average molecular weight is 488 g/mol. The Morgan fingerprint density at radius 1 is 1.27 bits per heavy atom. The summed E-state index contributed by atoms with van der Waals surface area (Å²) in [6, 6.07) is 9.93. The maximum atomic E-state index is 14.9. The zero-order valence-electron chi connectivity index (χ0n) is 17.7. The lowest BCUT2D eigenvalue weighted by molar-refractivity contribution is -0.136. The molecule has 0 saturated carbocycles. The summed E-state index contributed by atoms with van der Waals surface area (Å²) in [7, 11) is -2.59. The highest BCUT2D eigenvalue weighted by Crippen LogP contribution is 2.41. The number of benzene rings is 1. The molecule has 0 spiro atoms. The molecule has 0 fully saturated rings. The summed E-state index contributed by atoms with van der Waals surface area (Å²) in [5.74, 6) is -1.63. The van der Waals surface area contributed by atoms with E-state index in [2.05, 4.69) is 9.98 Å². The van der Waals surface area contributed by atoms with Gasteiger partial charge in [-0.15, -0.1) is 0 Å². The van der Waals surface area contributed by atoms with Gasteiger partial charge in [0.15, 0.2) is 0 Å². The first-order valence-electron chi connectivity index (χ1n) is 9.90. The number of rotatable bonds is 6. The van der Waals surface area contributed by atoms with Crippen LogP contribution in [0.2, 0.25) is 5.02 Å². The Balaban J connectivity index is 1.76. The molecule has 0 radical (unpaired) electrons. The van der Waals surface area contributed by atoms with Gasteiger partial charge in [0.05, 0.1) is 17.0 Å². The molecule has 170 valence electrons. The van der Waals surface area contributed by atoms with Crippen LogP contribution in [0.25, 0.3) is 0 Å². The summed E-state index contributed by atoms with van der Waals surface area (Å²) in [5.41, 5.74) is 1.70. The second-order valence-corrected chi connectivity index (χ2v) is 9.87. The van der Waals surface area contributed by atoms with E-state index in [1.54, 1.807) is 37.1 Å². The monoisotopic (exact) mass is 487 g/mol. The van der Waals surface area contributed by atoms with E-state index in [9.17, 15) is 22.7 Å². The molecule has 1 aromatic carbocycles. The number of aliphatic carboxylic acids is 1. The third-order valence-electron chi connectivity index (χ3n) is 5.42. The van der Waals surface area contributed by atoms with Gasteiger partial charge in [0.25, 0.3) is 0 Å². The van der Waals surface area contributed by atoms with Crippen molar-refractivity contribution < 1.29 is 22.7 Å². The SMILES string of the molecule is CC1=C(CC(=O)O)C2=C(S(=O)(=O)c3ccc(N(C)c4cccc(Cl)c4)nc3)C(F)=CCC2=N1. The lowest BCUT2D eigenvalue weighted by atomic mass is 9.94. The van der Waals surface area contributed by atoms with Crippen molar-refractivity contribution in [2.24, 2.45) is 4.99 Å². The van der Waals surface area contributed by atoms with Crippen molar-refractivity contribution in [2.45, 2.75) is 24.7 Å². The largest absolute Gasteiger partial charge is 0.481 e. The number of anilines is 2. The van der Waals surface area contributed by atoms with Gasteiger partial charge in [0.2, 0.25) is 9.84 Å². The Bertz CT molecular complexity index is 1390. The van der Waals surface area contributed by atoms with E-state index >= 15 is 0 Å². The summed E-state index contributed by atoms with van der Waals surface area (Å²) in [5, 5.41) is 9.80. The number of carboxylic acid groups (broad SMARTS) is 1. The molecule has 1 aliphatic heterocycles. The zero-order chi connectivity index (χ0) is 23.9. The molecule has 2 aromatic rings. The van der Waals surface area contributed by atoms with Gasteiger partial charge < -0.3 is 10.0 Å². The lowest BCUT2D eigenvalue weighted by Crippen LogP contribution is -2.18. The zero-order valence-corrected chi connectivity index (χ0v) is 19.3. The molecule has 33 heavy (non-hydrogen) atoms.